The smallest absolute Gasteiger partial charge is 0.235 e. The second-order valence-corrected chi connectivity index (χ2v) is 4.43. The molecule has 1 atom stereocenters. The molecule has 0 saturated carbocycles. The van der Waals surface area contributed by atoms with Crippen LogP contribution in [0.25, 0.3) is 5.65 Å². The molecular weight excluding hydrogens is 246 g/mol. The number of carbonyl (C=O) groups excluding carboxylic acids is 1. The molecule has 0 aliphatic carbocycles. The van der Waals surface area contributed by atoms with Gasteiger partial charge in [-0.05, 0) is 12.1 Å². The fourth-order valence-corrected chi connectivity index (χ4v) is 2.08. The van der Waals surface area contributed by atoms with E-state index in [-0.39, 0.29) is 11.9 Å². The number of hydrogen-bond acceptors (Lipinski definition) is 5. The van der Waals surface area contributed by atoms with Gasteiger partial charge in [-0.1, -0.05) is 6.07 Å². The van der Waals surface area contributed by atoms with Crippen molar-refractivity contribution in [3.05, 3.63) is 24.4 Å². The molecule has 100 valence electrons. The van der Waals surface area contributed by atoms with Crippen LogP contribution in [0.2, 0.25) is 0 Å². The molecule has 1 saturated heterocycles. The van der Waals surface area contributed by atoms with Gasteiger partial charge in [0.2, 0.25) is 11.9 Å². The van der Waals surface area contributed by atoms with Crippen LogP contribution in [0.3, 0.4) is 0 Å². The number of rotatable bonds is 3. The van der Waals surface area contributed by atoms with E-state index in [1.807, 2.05) is 24.4 Å². The molecule has 2 aromatic rings. The van der Waals surface area contributed by atoms with Crippen LogP contribution in [-0.2, 0) is 9.53 Å². The second kappa shape index (κ2) is 5.33. The molecule has 19 heavy (non-hydrogen) atoms. The Hall–Kier alpha value is -1.99. The fraction of sp³-hybridized carbons (Fsp3) is 0.417. The van der Waals surface area contributed by atoms with Gasteiger partial charge in [0.15, 0.2) is 5.65 Å². The van der Waals surface area contributed by atoms with Crippen LogP contribution in [0.15, 0.2) is 24.4 Å². The third-order valence-electron chi connectivity index (χ3n) is 3.00. The van der Waals surface area contributed by atoms with Crippen LogP contribution >= 0.6 is 0 Å². The van der Waals surface area contributed by atoms with Crippen molar-refractivity contribution in [2.45, 2.75) is 12.5 Å². The van der Waals surface area contributed by atoms with Crippen LogP contribution in [0.4, 0.5) is 5.95 Å². The first-order valence-electron chi connectivity index (χ1n) is 6.24. The minimum absolute atomic E-state index is 0.0629. The van der Waals surface area contributed by atoms with E-state index >= 15 is 0 Å². The molecule has 1 amide bonds. The van der Waals surface area contributed by atoms with Crippen LogP contribution in [0.5, 0.6) is 0 Å². The number of anilines is 1. The average Bonchev–Trinajstić information content (AvgIpc) is 2.83. The highest BCUT2D eigenvalue weighted by Crippen LogP contribution is 2.08. The quantitative estimate of drug-likeness (QED) is 0.815. The van der Waals surface area contributed by atoms with Crippen LogP contribution in [0, 0.1) is 0 Å². The van der Waals surface area contributed by atoms with Crippen LogP contribution < -0.4 is 10.6 Å². The first kappa shape index (κ1) is 12.1. The summed E-state index contributed by atoms with van der Waals surface area (Å²) in [5.41, 5.74) is 0.705. The number of hydrogen-bond donors (Lipinski definition) is 2. The highest BCUT2D eigenvalue weighted by molar-refractivity contribution is 5.89. The maximum Gasteiger partial charge on any atom is 0.235 e. The SMILES string of the molecule is O=C(CC1COCCN1)Nc1nnc2ccccn12. The molecule has 0 spiro atoms. The molecule has 1 fully saturated rings. The van der Waals surface area contributed by atoms with E-state index in [0.717, 1.165) is 6.54 Å². The van der Waals surface area contributed by atoms with E-state index in [4.69, 9.17) is 4.74 Å². The Bertz CT molecular complexity index is 576. The molecule has 3 rings (SSSR count). The Morgan fingerprint density at radius 3 is 3.32 bits per heavy atom. The summed E-state index contributed by atoms with van der Waals surface area (Å²) < 4.78 is 7.05. The largest absolute Gasteiger partial charge is 0.378 e. The van der Waals surface area contributed by atoms with E-state index < -0.39 is 0 Å². The molecule has 1 aliphatic heterocycles. The number of aromatic nitrogens is 3. The Labute approximate surface area is 110 Å². The van der Waals surface area contributed by atoms with Crippen molar-refractivity contribution < 1.29 is 9.53 Å². The summed E-state index contributed by atoms with van der Waals surface area (Å²) in [6, 6.07) is 5.63. The zero-order valence-corrected chi connectivity index (χ0v) is 10.4. The lowest BCUT2D eigenvalue weighted by Crippen LogP contribution is -2.43. The summed E-state index contributed by atoms with van der Waals surface area (Å²) >= 11 is 0. The number of ether oxygens (including phenoxy) is 1. The predicted molar refractivity (Wildman–Crippen MR) is 68.8 cm³/mol. The molecule has 0 aromatic carbocycles. The fourth-order valence-electron chi connectivity index (χ4n) is 2.08. The van der Waals surface area contributed by atoms with Gasteiger partial charge < -0.3 is 10.1 Å². The summed E-state index contributed by atoms with van der Waals surface area (Å²) in [5.74, 6) is 0.346. The van der Waals surface area contributed by atoms with E-state index in [9.17, 15) is 4.79 Å². The van der Waals surface area contributed by atoms with Gasteiger partial charge in [-0.3, -0.25) is 14.5 Å². The van der Waals surface area contributed by atoms with Crippen molar-refractivity contribution in [2.75, 3.05) is 25.1 Å². The van der Waals surface area contributed by atoms with Gasteiger partial charge in [-0.15, -0.1) is 10.2 Å². The lowest BCUT2D eigenvalue weighted by Gasteiger charge is -2.22. The molecule has 2 N–H and O–H groups in total. The minimum Gasteiger partial charge on any atom is -0.378 e. The normalized spacial score (nSPS) is 19.5. The summed E-state index contributed by atoms with van der Waals surface area (Å²) in [6.45, 7) is 2.05. The number of fused-ring (bicyclic) bond motifs is 1. The zero-order chi connectivity index (χ0) is 13.1. The van der Waals surface area contributed by atoms with Crippen molar-refractivity contribution in [1.29, 1.82) is 0 Å². The first-order chi connectivity index (χ1) is 9.33. The first-order valence-corrected chi connectivity index (χ1v) is 6.24. The Balaban J connectivity index is 1.65. The number of carbonyl (C=O) groups is 1. The molecular formula is C12H15N5O2. The van der Waals surface area contributed by atoms with Gasteiger partial charge in [-0.25, -0.2) is 0 Å². The van der Waals surface area contributed by atoms with Crippen molar-refractivity contribution in [1.82, 2.24) is 19.9 Å². The Morgan fingerprint density at radius 1 is 1.53 bits per heavy atom. The third-order valence-corrected chi connectivity index (χ3v) is 3.00. The van der Waals surface area contributed by atoms with Crippen LogP contribution in [0.1, 0.15) is 6.42 Å². The lowest BCUT2D eigenvalue weighted by molar-refractivity contribution is -0.117. The molecule has 3 heterocycles. The minimum atomic E-state index is -0.0962. The van der Waals surface area contributed by atoms with Crippen molar-refractivity contribution in [3.8, 4) is 0 Å². The number of nitrogens with one attached hydrogen (secondary N) is 2. The molecule has 1 unspecified atom stereocenters. The zero-order valence-electron chi connectivity index (χ0n) is 10.4. The van der Waals surface area contributed by atoms with Crippen LogP contribution in [-0.4, -0.2) is 46.3 Å². The standard InChI is InChI=1S/C12H15N5O2/c18-11(7-9-8-19-6-4-13-9)14-12-16-15-10-3-1-2-5-17(10)12/h1-3,5,9,13H,4,6-8H2,(H,14,16,18). The van der Waals surface area contributed by atoms with Gasteiger partial charge in [0.05, 0.1) is 13.2 Å². The summed E-state index contributed by atoms with van der Waals surface area (Å²) in [5, 5.41) is 13.9. The number of pyridine rings is 1. The Kier molecular flexibility index (Phi) is 3.39. The molecule has 0 radical (unpaired) electrons. The average molecular weight is 261 g/mol. The van der Waals surface area contributed by atoms with Gasteiger partial charge >= 0.3 is 0 Å². The molecule has 7 nitrogen and oxygen atoms in total. The topological polar surface area (TPSA) is 80.5 Å². The second-order valence-electron chi connectivity index (χ2n) is 4.43. The summed E-state index contributed by atoms with van der Waals surface area (Å²) in [4.78, 5) is 11.9. The maximum atomic E-state index is 11.9. The summed E-state index contributed by atoms with van der Waals surface area (Å²) in [7, 11) is 0. The van der Waals surface area contributed by atoms with E-state index in [1.54, 1.807) is 4.40 Å². The van der Waals surface area contributed by atoms with E-state index in [1.165, 1.54) is 0 Å². The molecule has 7 heteroatoms. The van der Waals surface area contributed by atoms with Crippen molar-refractivity contribution in [3.63, 3.8) is 0 Å². The van der Waals surface area contributed by atoms with Gasteiger partial charge in [0.1, 0.15) is 0 Å². The Morgan fingerprint density at radius 2 is 2.47 bits per heavy atom. The number of nitrogens with zero attached hydrogens (tertiary/aromatic N) is 3. The summed E-state index contributed by atoms with van der Waals surface area (Å²) in [6.07, 6.45) is 2.18. The number of morpholine rings is 1. The highest BCUT2D eigenvalue weighted by atomic mass is 16.5. The predicted octanol–water partition coefficient (Wildman–Crippen LogP) is 0.0463. The van der Waals surface area contributed by atoms with Crippen molar-refractivity contribution in [2.24, 2.45) is 0 Å². The lowest BCUT2D eigenvalue weighted by atomic mass is 10.2. The van der Waals surface area contributed by atoms with Crippen molar-refractivity contribution >= 4 is 17.5 Å². The highest BCUT2D eigenvalue weighted by Gasteiger charge is 2.18. The maximum absolute atomic E-state index is 11.9. The molecule has 1 aliphatic rings. The monoisotopic (exact) mass is 261 g/mol. The van der Waals surface area contributed by atoms with E-state index in [2.05, 4.69) is 20.8 Å². The van der Waals surface area contributed by atoms with Gasteiger partial charge in [0.25, 0.3) is 0 Å². The van der Waals surface area contributed by atoms with Gasteiger partial charge in [-0.2, -0.15) is 0 Å². The number of amides is 1. The molecule has 2 aromatic heterocycles. The van der Waals surface area contributed by atoms with Gasteiger partial charge in [0, 0.05) is 25.2 Å². The molecule has 0 bridgehead atoms. The van der Waals surface area contributed by atoms with E-state index in [0.29, 0.717) is 31.2 Å². The third kappa shape index (κ3) is 2.72.